The molecule has 3 fully saturated rings. The standard InChI is InChI=1S/C22H30N6O2/c1-3-8-26-9-10-27(22(26)30)16-6-7-19-18(13-16)20(21(23)29)24-28(19)17-11-14-4-5-15(12-17)25(14)2/h6-7,13-15,17H,3-5,8-12H2,1-2H3,(H2,23,29). The number of anilines is 1. The van der Waals surface area contributed by atoms with E-state index in [9.17, 15) is 9.59 Å². The second-order valence-electron chi connectivity index (χ2n) is 8.96. The van der Waals surface area contributed by atoms with Crippen LogP contribution in [0.1, 0.15) is 55.6 Å². The molecule has 8 heteroatoms. The molecule has 0 spiro atoms. The summed E-state index contributed by atoms with van der Waals surface area (Å²) in [6.07, 6.45) is 5.49. The Morgan fingerprint density at radius 1 is 1.17 bits per heavy atom. The molecular formula is C22H30N6O2. The molecule has 2 aromatic rings. The Hall–Kier alpha value is -2.61. The Morgan fingerprint density at radius 2 is 1.90 bits per heavy atom. The minimum absolute atomic E-state index is 0.0242. The molecule has 3 saturated heterocycles. The lowest BCUT2D eigenvalue weighted by atomic mass is 9.98. The first-order valence-electron chi connectivity index (χ1n) is 11.1. The predicted octanol–water partition coefficient (Wildman–Crippen LogP) is 2.58. The van der Waals surface area contributed by atoms with E-state index in [1.165, 1.54) is 12.8 Å². The number of hydrogen-bond acceptors (Lipinski definition) is 4. The minimum Gasteiger partial charge on any atom is -0.364 e. The number of nitrogens with two attached hydrogens (primary N) is 1. The van der Waals surface area contributed by atoms with Gasteiger partial charge in [0.15, 0.2) is 5.69 Å². The third kappa shape index (κ3) is 2.96. The summed E-state index contributed by atoms with van der Waals surface area (Å²) in [5, 5.41) is 5.42. The van der Waals surface area contributed by atoms with Crippen LogP contribution >= 0.6 is 0 Å². The number of hydrogen-bond donors (Lipinski definition) is 1. The third-order valence-electron chi connectivity index (χ3n) is 7.24. The summed E-state index contributed by atoms with van der Waals surface area (Å²) in [4.78, 5) is 31.1. The maximum absolute atomic E-state index is 12.7. The molecule has 3 amide bonds. The number of rotatable bonds is 5. The van der Waals surface area contributed by atoms with Crippen molar-refractivity contribution in [2.24, 2.45) is 5.73 Å². The number of fused-ring (bicyclic) bond motifs is 3. The Bertz CT molecular complexity index is 987. The molecule has 3 aliphatic rings. The average molecular weight is 411 g/mol. The zero-order valence-corrected chi connectivity index (χ0v) is 17.8. The van der Waals surface area contributed by atoms with E-state index in [-0.39, 0.29) is 12.1 Å². The lowest BCUT2D eigenvalue weighted by Crippen LogP contribution is -2.40. The van der Waals surface area contributed by atoms with Gasteiger partial charge >= 0.3 is 6.03 Å². The van der Waals surface area contributed by atoms with Crippen LogP contribution in [0.4, 0.5) is 10.5 Å². The van der Waals surface area contributed by atoms with Gasteiger partial charge in [0.25, 0.3) is 5.91 Å². The van der Waals surface area contributed by atoms with Gasteiger partial charge in [0.2, 0.25) is 0 Å². The van der Waals surface area contributed by atoms with Crippen LogP contribution in [0.15, 0.2) is 18.2 Å². The van der Waals surface area contributed by atoms with Gasteiger partial charge in [-0.05, 0) is 57.4 Å². The van der Waals surface area contributed by atoms with Crippen molar-refractivity contribution in [1.29, 1.82) is 0 Å². The number of nitrogens with zero attached hydrogens (tertiary/aromatic N) is 5. The van der Waals surface area contributed by atoms with Crippen molar-refractivity contribution in [1.82, 2.24) is 19.6 Å². The fraction of sp³-hybridized carbons (Fsp3) is 0.591. The Labute approximate surface area is 176 Å². The summed E-state index contributed by atoms with van der Waals surface area (Å²) >= 11 is 0. The van der Waals surface area contributed by atoms with Crippen molar-refractivity contribution < 1.29 is 9.59 Å². The van der Waals surface area contributed by atoms with Gasteiger partial charge < -0.3 is 15.5 Å². The van der Waals surface area contributed by atoms with Crippen molar-refractivity contribution in [2.45, 2.75) is 57.2 Å². The van der Waals surface area contributed by atoms with E-state index in [2.05, 4.69) is 24.0 Å². The number of primary amides is 1. The average Bonchev–Trinajstić information content (AvgIpc) is 3.33. The van der Waals surface area contributed by atoms with Crippen LogP contribution in [0.3, 0.4) is 0 Å². The molecule has 1 aromatic heterocycles. The fourth-order valence-electron chi connectivity index (χ4n) is 5.64. The van der Waals surface area contributed by atoms with Crippen LogP contribution < -0.4 is 10.6 Å². The topological polar surface area (TPSA) is 87.7 Å². The zero-order chi connectivity index (χ0) is 21.0. The van der Waals surface area contributed by atoms with E-state index in [1.807, 2.05) is 27.8 Å². The highest BCUT2D eigenvalue weighted by molar-refractivity contribution is 6.06. The Balaban J connectivity index is 1.51. The highest BCUT2D eigenvalue weighted by Crippen LogP contribution is 2.41. The smallest absolute Gasteiger partial charge is 0.324 e. The molecule has 0 aliphatic carbocycles. The zero-order valence-electron chi connectivity index (χ0n) is 17.8. The summed E-state index contributed by atoms with van der Waals surface area (Å²) < 4.78 is 2.02. The van der Waals surface area contributed by atoms with E-state index < -0.39 is 5.91 Å². The minimum atomic E-state index is -0.521. The number of urea groups is 1. The molecule has 8 nitrogen and oxygen atoms in total. The van der Waals surface area contributed by atoms with Gasteiger partial charge in [-0.3, -0.25) is 14.4 Å². The molecule has 2 unspecified atom stereocenters. The molecule has 30 heavy (non-hydrogen) atoms. The predicted molar refractivity (Wildman–Crippen MR) is 116 cm³/mol. The van der Waals surface area contributed by atoms with Gasteiger partial charge in [-0.1, -0.05) is 6.92 Å². The van der Waals surface area contributed by atoms with E-state index in [0.717, 1.165) is 48.9 Å². The van der Waals surface area contributed by atoms with Gasteiger partial charge in [0.05, 0.1) is 11.6 Å². The number of aromatic nitrogens is 2. The van der Waals surface area contributed by atoms with Crippen molar-refractivity contribution in [2.75, 3.05) is 31.6 Å². The summed E-state index contributed by atoms with van der Waals surface area (Å²) in [7, 11) is 2.22. The highest BCUT2D eigenvalue weighted by atomic mass is 16.2. The van der Waals surface area contributed by atoms with E-state index in [0.29, 0.717) is 24.3 Å². The monoisotopic (exact) mass is 410 g/mol. The van der Waals surface area contributed by atoms with Gasteiger partial charge in [0.1, 0.15) is 0 Å². The molecule has 3 aliphatic heterocycles. The van der Waals surface area contributed by atoms with Gasteiger partial charge in [-0.15, -0.1) is 0 Å². The highest BCUT2D eigenvalue weighted by Gasteiger charge is 2.40. The lowest BCUT2D eigenvalue weighted by Gasteiger charge is -2.36. The first kappa shape index (κ1) is 19.4. The van der Waals surface area contributed by atoms with Crippen LogP contribution in [0.25, 0.3) is 10.9 Å². The van der Waals surface area contributed by atoms with E-state index >= 15 is 0 Å². The second kappa shape index (κ2) is 7.27. The molecule has 2 N–H and O–H groups in total. The number of piperidine rings is 1. The molecule has 1 aromatic carbocycles. The number of carbonyl (C=O) groups excluding carboxylic acids is 2. The molecular weight excluding hydrogens is 380 g/mol. The maximum Gasteiger partial charge on any atom is 0.324 e. The lowest BCUT2D eigenvalue weighted by molar-refractivity contribution is 0.0993. The van der Waals surface area contributed by atoms with Crippen LogP contribution in [0.5, 0.6) is 0 Å². The van der Waals surface area contributed by atoms with E-state index in [1.54, 1.807) is 4.90 Å². The second-order valence-corrected chi connectivity index (χ2v) is 8.96. The molecule has 0 radical (unpaired) electrons. The first-order chi connectivity index (χ1) is 14.5. The molecule has 2 bridgehead atoms. The number of carbonyl (C=O) groups is 2. The normalized spacial score (nSPS) is 26.9. The summed E-state index contributed by atoms with van der Waals surface area (Å²) in [5.41, 5.74) is 7.73. The third-order valence-corrected chi connectivity index (χ3v) is 7.24. The van der Waals surface area contributed by atoms with Crippen LogP contribution in [0.2, 0.25) is 0 Å². The summed E-state index contributed by atoms with van der Waals surface area (Å²) in [6.45, 7) is 4.22. The van der Waals surface area contributed by atoms with Crippen molar-refractivity contribution in [3.8, 4) is 0 Å². The van der Waals surface area contributed by atoms with Crippen molar-refractivity contribution >= 4 is 28.5 Å². The maximum atomic E-state index is 12.7. The van der Waals surface area contributed by atoms with Gasteiger partial charge in [0, 0.05) is 42.8 Å². The SMILES string of the molecule is CCCN1CCN(c2ccc3c(c2)c(C(N)=O)nn3C2CC3CCC(C2)N3C)C1=O. The van der Waals surface area contributed by atoms with Crippen LogP contribution in [-0.4, -0.2) is 70.3 Å². The number of benzene rings is 1. The van der Waals surface area contributed by atoms with Gasteiger partial charge in [-0.25, -0.2) is 4.79 Å². The summed E-state index contributed by atoms with van der Waals surface area (Å²) in [6, 6.07) is 7.34. The molecule has 0 saturated carbocycles. The van der Waals surface area contributed by atoms with Crippen LogP contribution in [0, 0.1) is 0 Å². The Kier molecular flexibility index (Phi) is 4.69. The quantitative estimate of drug-likeness (QED) is 0.821. The van der Waals surface area contributed by atoms with Crippen molar-refractivity contribution in [3.63, 3.8) is 0 Å². The fourth-order valence-corrected chi connectivity index (χ4v) is 5.64. The molecule has 4 heterocycles. The van der Waals surface area contributed by atoms with E-state index in [4.69, 9.17) is 5.73 Å². The molecule has 160 valence electrons. The van der Waals surface area contributed by atoms with Gasteiger partial charge in [-0.2, -0.15) is 5.10 Å². The first-order valence-corrected chi connectivity index (χ1v) is 11.1. The largest absolute Gasteiger partial charge is 0.364 e. The Morgan fingerprint density at radius 3 is 2.57 bits per heavy atom. The molecule has 5 rings (SSSR count). The molecule has 2 atom stereocenters. The number of amides is 3. The summed E-state index contributed by atoms with van der Waals surface area (Å²) in [5.74, 6) is -0.521. The van der Waals surface area contributed by atoms with Crippen LogP contribution in [-0.2, 0) is 0 Å². The van der Waals surface area contributed by atoms with Crippen molar-refractivity contribution in [3.05, 3.63) is 23.9 Å².